The molecule has 1 nitrogen and oxygen atoms in total. The maximum absolute atomic E-state index is 5.95. The number of hydrogen-bond acceptors (Lipinski definition) is 0. The third kappa shape index (κ3) is 2.23. The van der Waals surface area contributed by atoms with Crippen LogP contribution >= 0.6 is 11.6 Å². The Morgan fingerprint density at radius 2 is 2.23 bits per heavy atom. The van der Waals surface area contributed by atoms with Crippen LogP contribution in [-0.2, 0) is 0 Å². The summed E-state index contributed by atoms with van der Waals surface area (Å²) in [5.41, 5.74) is 1.38. The van der Waals surface area contributed by atoms with E-state index < -0.39 is 0 Å². The van der Waals surface area contributed by atoms with Crippen LogP contribution in [0.15, 0.2) is 24.3 Å². The molecule has 0 unspecified atom stereocenters. The molecule has 70 valence electrons. The van der Waals surface area contributed by atoms with E-state index >= 15 is 0 Å². The molecule has 0 radical (unpaired) electrons. The molecule has 1 heterocycles. The first kappa shape index (κ1) is 9.04. The van der Waals surface area contributed by atoms with Crippen LogP contribution in [0.1, 0.15) is 30.9 Å². The molecule has 1 aromatic rings. The van der Waals surface area contributed by atoms with Gasteiger partial charge in [0.15, 0.2) is 0 Å². The Hall–Kier alpha value is -0.530. The second-order valence-electron chi connectivity index (χ2n) is 3.68. The molecular formula is C11H15ClN+. The van der Waals surface area contributed by atoms with Gasteiger partial charge in [-0.25, -0.2) is 0 Å². The Labute approximate surface area is 84.1 Å². The number of nitrogens with two attached hydrogens (primary N) is 1. The van der Waals surface area contributed by atoms with Crippen molar-refractivity contribution in [3.8, 4) is 0 Å². The molecule has 0 spiro atoms. The van der Waals surface area contributed by atoms with Gasteiger partial charge in [0, 0.05) is 17.0 Å². The van der Waals surface area contributed by atoms with Crippen molar-refractivity contribution in [2.45, 2.75) is 25.3 Å². The molecular weight excluding hydrogens is 182 g/mol. The van der Waals surface area contributed by atoms with Crippen molar-refractivity contribution in [3.63, 3.8) is 0 Å². The van der Waals surface area contributed by atoms with Gasteiger partial charge < -0.3 is 5.32 Å². The highest BCUT2D eigenvalue weighted by Crippen LogP contribution is 2.20. The fraction of sp³-hybridized carbons (Fsp3) is 0.455. The molecule has 1 atom stereocenters. The summed E-state index contributed by atoms with van der Waals surface area (Å²) < 4.78 is 0. The summed E-state index contributed by atoms with van der Waals surface area (Å²) in [5.74, 6) is 0. The molecule has 1 fully saturated rings. The van der Waals surface area contributed by atoms with Gasteiger partial charge in [0.2, 0.25) is 0 Å². The lowest BCUT2D eigenvalue weighted by Gasteiger charge is -2.20. The second-order valence-corrected chi connectivity index (χ2v) is 4.12. The highest BCUT2D eigenvalue weighted by molar-refractivity contribution is 6.30. The topological polar surface area (TPSA) is 16.6 Å². The highest BCUT2D eigenvalue weighted by atomic mass is 35.5. The Kier molecular flexibility index (Phi) is 2.87. The smallest absolute Gasteiger partial charge is 0.112 e. The van der Waals surface area contributed by atoms with E-state index in [2.05, 4.69) is 17.4 Å². The van der Waals surface area contributed by atoms with E-state index in [0.29, 0.717) is 6.04 Å². The first-order valence-corrected chi connectivity index (χ1v) is 5.33. The summed E-state index contributed by atoms with van der Waals surface area (Å²) >= 11 is 5.95. The van der Waals surface area contributed by atoms with Gasteiger partial charge in [-0.15, -0.1) is 0 Å². The predicted octanol–water partition coefficient (Wildman–Crippen LogP) is 2.13. The molecule has 0 aromatic heterocycles. The van der Waals surface area contributed by atoms with E-state index in [1.54, 1.807) is 0 Å². The van der Waals surface area contributed by atoms with E-state index in [1.165, 1.54) is 31.4 Å². The number of rotatable bonds is 1. The monoisotopic (exact) mass is 196 g/mol. The standard InChI is InChI=1S/C11H14ClN/c12-10-5-3-4-9(8-10)11-6-1-2-7-13-11/h3-5,8,11,13H,1-2,6-7H2/p+1/t11-/m1/s1. The van der Waals surface area contributed by atoms with Crippen molar-refractivity contribution >= 4 is 11.6 Å². The largest absolute Gasteiger partial charge is 0.340 e. The Balaban J connectivity index is 2.14. The molecule has 0 bridgehead atoms. The van der Waals surface area contributed by atoms with Gasteiger partial charge in [-0.05, 0) is 25.0 Å². The summed E-state index contributed by atoms with van der Waals surface area (Å²) in [7, 11) is 0. The molecule has 0 saturated carbocycles. The molecule has 0 aliphatic carbocycles. The van der Waals surface area contributed by atoms with Gasteiger partial charge in [-0.2, -0.15) is 0 Å². The summed E-state index contributed by atoms with van der Waals surface area (Å²) in [6.07, 6.45) is 4.01. The summed E-state index contributed by atoms with van der Waals surface area (Å²) in [5, 5.41) is 3.28. The van der Waals surface area contributed by atoms with Crippen LogP contribution in [0, 0.1) is 0 Å². The first-order valence-electron chi connectivity index (χ1n) is 4.95. The zero-order chi connectivity index (χ0) is 9.10. The quantitative estimate of drug-likeness (QED) is 0.709. The number of piperidine rings is 1. The van der Waals surface area contributed by atoms with Crippen molar-refractivity contribution < 1.29 is 5.32 Å². The fourth-order valence-electron chi connectivity index (χ4n) is 1.99. The van der Waals surface area contributed by atoms with Crippen molar-refractivity contribution in [1.29, 1.82) is 0 Å². The fourth-order valence-corrected chi connectivity index (χ4v) is 2.18. The molecule has 1 saturated heterocycles. The maximum atomic E-state index is 5.95. The summed E-state index contributed by atoms with van der Waals surface area (Å²) in [6.45, 7) is 1.26. The average Bonchev–Trinajstić information content (AvgIpc) is 2.19. The number of quaternary nitrogens is 1. The van der Waals surface area contributed by atoms with E-state index in [0.717, 1.165) is 5.02 Å². The molecule has 1 aliphatic rings. The van der Waals surface area contributed by atoms with E-state index in [1.807, 2.05) is 12.1 Å². The molecule has 0 amide bonds. The van der Waals surface area contributed by atoms with Crippen LogP contribution in [0.25, 0.3) is 0 Å². The van der Waals surface area contributed by atoms with Gasteiger partial charge in [0.1, 0.15) is 6.04 Å². The van der Waals surface area contributed by atoms with Gasteiger partial charge in [0.25, 0.3) is 0 Å². The Bertz CT molecular complexity index is 279. The Morgan fingerprint density at radius 3 is 2.92 bits per heavy atom. The summed E-state index contributed by atoms with van der Waals surface area (Å²) in [4.78, 5) is 0. The SMILES string of the molecule is Clc1cccc([C@H]2CCCC[NH2+]2)c1. The third-order valence-corrected chi connectivity index (χ3v) is 2.93. The lowest BCUT2D eigenvalue weighted by Crippen LogP contribution is -2.86. The van der Waals surface area contributed by atoms with Gasteiger partial charge >= 0.3 is 0 Å². The normalized spacial score (nSPS) is 23.0. The minimum atomic E-state index is 0.646. The maximum Gasteiger partial charge on any atom is 0.112 e. The molecule has 2 rings (SSSR count). The number of halogens is 1. The van der Waals surface area contributed by atoms with Gasteiger partial charge in [0.05, 0.1) is 6.54 Å². The van der Waals surface area contributed by atoms with Crippen molar-refractivity contribution in [2.24, 2.45) is 0 Å². The lowest BCUT2D eigenvalue weighted by atomic mass is 9.98. The zero-order valence-electron chi connectivity index (χ0n) is 7.67. The minimum Gasteiger partial charge on any atom is -0.340 e. The average molecular weight is 197 g/mol. The van der Waals surface area contributed by atoms with Crippen LogP contribution < -0.4 is 5.32 Å². The van der Waals surface area contributed by atoms with Crippen molar-refractivity contribution in [2.75, 3.05) is 6.54 Å². The third-order valence-electron chi connectivity index (χ3n) is 2.70. The molecule has 13 heavy (non-hydrogen) atoms. The van der Waals surface area contributed by atoms with Crippen LogP contribution in [-0.4, -0.2) is 6.54 Å². The first-order chi connectivity index (χ1) is 6.36. The van der Waals surface area contributed by atoms with Crippen LogP contribution in [0.3, 0.4) is 0 Å². The van der Waals surface area contributed by atoms with Gasteiger partial charge in [-0.1, -0.05) is 23.7 Å². The van der Waals surface area contributed by atoms with E-state index in [-0.39, 0.29) is 0 Å². The van der Waals surface area contributed by atoms with E-state index in [9.17, 15) is 0 Å². The van der Waals surface area contributed by atoms with Crippen molar-refractivity contribution in [1.82, 2.24) is 0 Å². The van der Waals surface area contributed by atoms with Crippen LogP contribution in [0.4, 0.5) is 0 Å². The van der Waals surface area contributed by atoms with Gasteiger partial charge in [-0.3, -0.25) is 0 Å². The molecule has 1 aromatic carbocycles. The number of hydrogen-bond donors (Lipinski definition) is 1. The second kappa shape index (κ2) is 4.12. The summed E-state index contributed by atoms with van der Waals surface area (Å²) in [6, 6.07) is 8.90. The van der Waals surface area contributed by atoms with Crippen LogP contribution in [0.5, 0.6) is 0 Å². The lowest BCUT2D eigenvalue weighted by molar-refractivity contribution is -0.704. The Morgan fingerprint density at radius 1 is 1.31 bits per heavy atom. The predicted molar refractivity (Wildman–Crippen MR) is 54.8 cm³/mol. The van der Waals surface area contributed by atoms with Crippen molar-refractivity contribution in [3.05, 3.63) is 34.9 Å². The minimum absolute atomic E-state index is 0.646. The number of benzene rings is 1. The van der Waals surface area contributed by atoms with E-state index in [4.69, 9.17) is 11.6 Å². The molecule has 2 N–H and O–H groups in total. The highest BCUT2D eigenvalue weighted by Gasteiger charge is 2.17. The zero-order valence-corrected chi connectivity index (χ0v) is 8.43. The molecule has 1 aliphatic heterocycles. The molecule has 2 heteroatoms. The van der Waals surface area contributed by atoms with Crippen LogP contribution in [0.2, 0.25) is 5.02 Å².